The Labute approximate surface area is 172 Å². The summed E-state index contributed by atoms with van der Waals surface area (Å²) in [5.74, 6) is 0.586. The summed E-state index contributed by atoms with van der Waals surface area (Å²) in [6, 6.07) is 7.46. The Bertz CT molecular complexity index is 811. The van der Waals surface area contributed by atoms with E-state index in [2.05, 4.69) is 18.8 Å². The number of phenolic OH excluding ortho intramolecular Hbond substituents is 1. The van der Waals surface area contributed by atoms with E-state index >= 15 is 0 Å². The number of esters is 1. The number of hydrogen-bond acceptors (Lipinski definition) is 4. The molecule has 0 spiro atoms. The number of carbonyl (C=O) groups is 1. The Hall–Kier alpha value is -2.43. The van der Waals surface area contributed by atoms with E-state index in [-0.39, 0.29) is 11.9 Å². The molecule has 1 N–H and O–H groups in total. The monoisotopic (exact) mass is 399 g/mol. The maximum atomic E-state index is 13.5. The smallest absolute Gasteiger partial charge is 0.314 e. The predicted molar refractivity (Wildman–Crippen MR) is 111 cm³/mol. The molecular formula is C24H30FNO3. The van der Waals surface area contributed by atoms with Gasteiger partial charge in [-0.25, -0.2) is 4.39 Å². The van der Waals surface area contributed by atoms with Gasteiger partial charge in [0.05, 0.1) is 17.8 Å². The Balaban J connectivity index is 1.49. The lowest BCUT2D eigenvalue weighted by Gasteiger charge is -2.27. The van der Waals surface area contributed by atoms with Crippen molar-refractivity contribution >= 4 is 5.97 Å². The highest BCUT2D eigenvalue weighted by Crippen LogP contribution is 2.33. The standard InChI is InChI=1S/C24H30FNO3/c1-16(2)4-3-5-17-6-8-18(9-7-17)24(28)29-20-11-12-22(26-15-20)19-10-13-23(27)21(25)14-19/h10-18,27H,3-9H2,1-2H3. The third-order valence-electron chi connectivity index (χ3n) is 5.77. The second-order valence-electron chi connectivity index (χ2n) is 8.51. The molecule has 29 heavy (non-hydrogen) atoms. The molecular weight excluding hydrogens is 369 g/mol. The van der Waals surface area contributed by atoms with Crippen LogP contribution in [0, 0.1) is 23.6 Å². The molecule has 0 unspecified atom stereocenters. The van der Waals surface area contributed by atoms with Gasteiger partial charge in [0.2, 0.25) is 0 Å². The van der Waals surface area contributed by atoms with Crippen LogP contribution in [-0.4, -0.2) is 16.1 Å². The summed E-state index contributed by atoms with van der Waals surface area (Å²) in [5.41, 5.74) is 1.10. The highest BCUT2D eigenvalue weighted by Gasteiger charge is 2.27. The topological polar surface area (TPSA) is 59.4 Å². The Morgan fingerprint density at radius 1 is 1.21 bits per heavy atom. The summed E-state index contributed by atoms with van der Waals surface area (Å²) in [6.45, 7) is 4.52. The number of benzene rings is 1. The number of carbonyl (C=O) groups excluding carboxylic acids is 1. The van der Waals surface area contributed by atoms with E-state index in [1.54, 1.807) is 18.2 Å². The van der Waals surface area contributed by atoms with Gasteiger partial charge in [0.15, 0.2) is 11.6 Å². The van der Waals surface area contributed by atoms with Crippen molar-refractivity contribution in [3.63, 3.8) is 0 Å². The first-order valence-electron chi connectivity index (χ1n) is 10.6. The maximum absolute atomic E-state index is 13.5. The third-order valence-corrected chi connectivity index (χ3v) is 5.77. The van der Waals surface area contributed by atoms with Crippen LogP contribution in [0.4, 0.5) is 4.39 Å². The molecule has 1 saturated carbocycles. The third kappa shape index (κ3) is 6.02. The minimum absolute atomic E-state index is 0.0396. The quantitative estimate of drug-likeness (QED) is 0.569. The molecule has 5 heteroatoms. The van der Waals surface area contributed by atoms with Gasteiger partial charge in [0, 0.05) is 5.56 Å². The van der Waals surface area contributed by atoms with Crippen molar-refractivity contribution in [3.05, 3.63) is 42.3 Å². The number of phenols is 1. The second kappa shape index (κ2) is 9.86. The van der Waals surface area contributed by atoms with Crippen LogP contribution in [0.1, 0.15) is 58.8 Å². The van der Waals surface area contributed by atoms with Gasteiger partial charge in [-0.3, -0.25) is 9.78 Å². The van der Waals surface area contributed by atoms with Crippen LogP contribution in [0.3, 0.4) is 0 Å². The van der Waals surface area contributed by atoms with Gasteiger partial charge in [-0.1, -0.05) is 33.1 Å². The average molecular weight is 400 g/mol. The number of aromatic nitrogens is 1. The molecule has 1 aliphatic carbocycles. The molecule has 0 radical (unpaired) electrons. The fourth-order valence-corrected chi connectivity index (χ4v) is 3.98. The summed E-state index contributed by atoms with van der Waals surface area (Å²) in [4.78, 5) is 16.7. The van der Waals surface area contributed by atoms with E-state index in [1.807, 2.05) is 0 Å². The van der Waals surface area contributed by atoms with E-state index in [0.29, 0.717) is 17.0 Å². The normalized spacial score (nSPS) is 19.3. The number of hydrogen-bond donors (Lipinski definition) is 1. The Morgan fingerprint density at radius 2 is 1.97 bits per heavy atom. The Kier molecular flexibility index (Phi) is 7.24. The van der Waals surface area contributed by atoms with Crippen LogP contribution >= 0.6 is 0 Å². The van der Waals surface area contributed by atoms with Gasteiger partial charge in [-0.2, -0.15) is 0 Å². The van der Waals surface area contributed by atoms with Crippen molar-refractivity contribution in [2.45, 2.75) is 58.8 Å². The van der Waals surface area contributed by atoms with E-state index in [1.165, 1.54) is 37.6 Å². The van der Waals surface area contributed by atoms with Crippen LogP contribution in [-0.2, 0) is 4.79 Å². The molecule has 0 atom stereocenters. The van der Waals surface area contributed by atoms with E-state index < -0.39 is 11.6 Å². The summed E-state index contributed by atoms with van der Waals surface area (Å²) in [7, 11) is 0. The molecule has 156 valence electrons. The molecule has 2 aromatic rings. The van der Waals surface area contributed by atoms with Gasteiger partial charge in [-0.15, -0.1) is 0 Å². The zero-order valence-electron chi connectivity index (χ0n) is 17.2. The first-order valence-corrected chi connectivity index (χ1v) is 10.6. The van der Waals surface area contributed by atoms with Gasteiger partial charge in [-0.05, 0) is 67.9 Å². The minimum atomic E-state index is -0.695. The number of rotatable bonds is 7. The first kappa shape index (κ1) is 21.3. The van der Waals surface area contributed by atoms with Crippen molar-refractivity contribution in [2.75, 3.05) is 0 Å². The summed E-state index contributed by atoms with van der Waals surface area (Å²) in [5, 5.41) is 9.29. The predicted octanol–water partition coefficient (Wildman–Crippen LogP) is 6.13. The lowest BCUT2D eigenvalue weighted by atomic mass is 9.79. The number of ether oxygens (including phenoxy) is 1. The lowest BCUT2D eigenvalue weighted by Crippen LogP contribution is -2.25. The highest BCUT2D eigenvalue weighted by atomic mass is 19.1. The Morgan fingerprint density at radius 3 is 2.59 bits per heavy atom. The lowest BCUT2D eigenvalue weighted by molar-refractivity contribution is -0.140. The van der Waals surface area contributed by atoms with Gasteiger partial charge >= 0.3 is 5.97 Å². The minimum Gasteiger partial charge on any atom is -0.505 e. The molecule has 0 amide bonds. The molecule has 1 aromatic heterocycles. The molecule has 1 aromatic carbocycles. The molecule has 1 aliphatic rings. The van der Waals surface area contributed by atoms with Gasteiger partial charge < -0.3 is 9.84 Å². The van der Waals surface area contributed by atoms with Crippen LogP contribution in [0.2, 0.25) is 0 Å². The van der Waals surface area contributed by atoms with E-state index in [4.69, 9.17) is 4.74 Å². The second-order valence-corrected chi connectivity index (χ2v) is 8.51. The van der Waals surface area contributed by atoms with Crippen LogP contribution in [0.5, 0.6) is 11.5 Å². The van der Waals surface area contributed by atoms with E-state index in [9.17, 15) is 14.3 Å². The zero-order valence-corrected chi connectivity index (χ0v) is 17.2. The van der Waals surface area contributed by atoms with Gasteiger partial charge in [0.1, 0.15) is 5.75 Å². The number of pyridine rings is 1. The van der Waals surface area contributed by atoms with Crippen LogP contribution in [0.15, 0.2) is 36.5 Å². The first-order chi connectivity index (χ1) is 13.9. The van der Waals surface area contributed by atoms with Crippen molar-refractivity contribution in [1.82, 2.24) is 4.98 Å². The molecule has 1 fully saturated rings. The molecule has 0 bridgehead atoms. The molecule has 3 rings (SSSR count). The molecule has 0 aliphatic heterocycles. The number of nitrogens with zero attached hydrogens (tertiary/aromatic N) is 1. The van der Waals surface area contributed by atoms with Crippen molar-refractivity contribution in [3.8, 4) is 22.8 Å². The van der Waals surface area contributed by atoms with Crippen LogP contribution in [0.25, 0.3) is 11.3 Å². The van der Waals surface area contributed by atoms with Crippen molar-refractivity contribution in [2.24, 2.45) is 17.8 Å². The van der Waals surface area contributed by atoms with Crippen LogP contribution < -0.4 is 4.74 Å². The van der Waals surface area contributed by atoms with Crippen molar-refractivity contribution in [1.29, 1.82) is 0 Å². The summed E-state index contributed by atoms with van der Waals surface area (Å²) < 4.78 is 19.0. The SMILES string of the molecule is CC(C)CCCC1CCC(C(=O)Oc2ccc(-c3ccc(O)c(F)c3)nc2)CC1. The largest absolute Gasteiger partial charge is 0.505 e. The van der Waals surface area contributed by atoms with Crippen molar-refractivity contribution < 1.29 is 19.0 Å². The fourth-order valence-electron chi connectivity index (χ4n) is 3.98. The highest BCUT2D eigenvalue weighted by molar-refractivity contribution is 5.75. The zero-order chi connectivity index (χ0) is 20.8. The van der Waals surface area contributed by atoms with Gasteiger partial charge in [0.25, 0.3) is 0 Å². The van der Waals surface area contributed by atoms with E-state index in [0.717, 1.165) is 37.5 Å². The molecule has 0 saturated heterocycles. The summed E-state index contributed by atoms with van der Waals surface area (Å²) >= 11 is 0. The molecule has 1 heterocycles. The number of halogens is 1. The maximum Gasteiger partial charge on any atom is 0.314 e. The summed E-state index contributed by atoms with van der Waals surface area (Å²) in [6.07, 6.45) is 9.29. The average Bonchev–Trinajstić information content (AvgIpc) is 2.71. The fraction of sp³-hybridized carbons (Fsp3) is 0.500. The number of aromatic hydroxyl groups is 1. The molecule has 4 nitrogen and oxygen atoms in total.